The molecule has 2 rings (SSSR count). The van der Waals surface area contributed by atoms with E-state index in [0.29, 0.717) is 18.9 Å². The Morgan fingerprint density at radius 2 is 2.10 bits per heavy atom. The summed E-state index contributed by atoms with van der Waals surface area (Å²) in [7, 11) is -3.35. The van der Waals surface area contributed by atoms with Gasteiger partial charge in [0.2, 0.25) is 10.0 Å². The summed E-state index contributed by atoms with van der Waals surface area (Å²) in [6.07, 6.45) is 5.05. The van der Waals surface area contributed by atoms with Crippen LogP contribution in [0.25, 0.3) is 0 Å². The fraction of sp³-hybridized carbons (Fsp3) is 0.625. The monoisotopic (exact) mass is 311 g/mol. The number of aryl methyl sites for hydroxylation is 1. The third-order valence-corrected chi connectivity index (χ3v) is 4.94. The molecule has 0 radical (unpaired) electrons. The minimum Gasteiger partial charge on any atom is -0.374 e. The highest BCUT2D eigenvalue weighted by molar-refractivity contribution is 7.89. The molecule has 0 saturated carbocycles. The number of primary sulfonamides is 1. The van der Waals surface area contributed by atoms with Crippen molar-refractivity contribution in [3.8, 4) is 0 Å². The number of hydrogen-bond acceptors (Lipinski definition) is 3. The van der Waals surface area contributed by atoms with Gasteiger partial charge in [-0.25, -0.2) is 13.6 Å². The topological polar surface area (TPSA) is 69.4 Å². The Morgan fingerprint density at radius 1 is 1.33 bits per heavy atom. The van der Waals surface area contributed by atoms with E-state index < -0.39 is 10.0 Å². The standard InChI is InChI=1S/C16H25NO3S/c1-13(10-12-21(17,18)19)9-11-20-16-8-4-6-14-5-2-3-7-15(14)16/h2-3,5,7,13,16H,4,6,8-12H2,1H3,(H2,17,18,19). The number of hydrogen-bond donors (Lipinski definition) is 1. The number of fused-ring (bicyclic) bond motifs is 1. The van der Waals surface area contributed by atoms with Crippen LogP contribution in [0.5, 0.6) is 0 Å². The van der Waals surface area contributed by atoms with E-state index in [9.17, 15) is 8.42 Å². The Hall–Kier alpha value is -0.910. The molecule has 2 unspecified atom stereocenters. The molecule has 0 bridgehead atoms. The summed E-state index contributed by atoms with van der Waals surface area (Å²) in [4.78, 5) is 0. The highest BCUT2D eigenvalue weighted by Gasteiger charge is 2.20. The molecular formula is C16H25NO3S. The van der Waals surface area contributed by atoms with Gasteiger partial charge < -0.3 is 4.74 Å². The maximum Gasteiger partial charge on any atom is 0.209 e. The summed E-state index contributed by atoms with van der Waals surface area (Å²) in [5.74, 6) is 0.364. The highest BCUT2D eigenvalue weighted by atomic mass is 32.2. The van der Waals surface area contributed by atoms with E-state index in [4.69, 9.17) is 9.88 Å². The number of rotatable bonds is 7. The molecule has 1 aliphatic carbocycles. The van der Waals surface area contributed by atoms with E-state index in [0.717, 1.165) is 19.3 Å². The molecule has 0 fully saturated rings. The second kappa shape index (κ2) is 7.38. The van der Waals surface area contributed by atoms with Gasteiger partial charge in [0.05, 0.1) is 11.9 Å². The van der Waals surface area contributed by atoms with Crippen molar-refractivity contribution in [2.75, 3.05) is 12.4 Å². The third-order valence-electron chi connectivity index (χ3n) is 4.14. The minimum atomic E-state index is -3.35. The molecule has 0 amide bonds. The third kappa shape index (κ3) is 5.41. The van der Waals surface area contributed by atoms with Gasteiger partial charge in [-0.2, -0.15) is 0 Å². The van der Waals surface area contributed by atoms with Crippen LogP contribution >= 0.6 is 0 Å². The summed E-state index contributed by atoms with van der Waals surface area (Å²) in [5, 5.41) is 5.02. The van der Waals surface area contributed by atoms with Crippen molar-refractivity contribution >= 4 is 10.0 Å². The van der Waals surface area contributed by atoms with Gasteiger partial charge in [-0.1, -0.05) is 31.2 Å². The van der Waals surface area contributed by atoms with Gasteiger partial charge in [-0.05, 0) is 49.1 Å². The quantitative estimate of drug-likeness (QED) is 0.842. The second-order valence-electron chi connectivity index (χ2n) is 6.00. The van der Waals surface area contributed by atoms with Crippen molar-refractivity contribution in [1.82, 2.24) is 0 Å². The van der Waals surface area contributed by atoms with Crippen LogP contribution in [0.4, 0.5) is 0 Å². The summed E-state index contributed by atoms with van der Waals surface area (Å²) < 4.78 is 27.9. The number of ether oxygens (including phenoxy) is 1. The summed E-state index contributed by atoms with van der Waals surface area (Å²) in [6, 6.07) is 8.48. The molecule has 1 aromatic rings. The van der Waals surface area contributed by atoms with Gasteiger partial charge in [-0.3, -0.25) is 0 Å². The van der Waals surface area contributed by atoms with E-state index in [1.807, 2.05) is 6.92 Å². The van der Waals surface area contributed by atoms with Gasteiger partial charge >= 0.3 is 0 Å². The molecule has 1 aliphatic rings. The van der Waals surface area contributed by atoms with Crippen molar-refractivity contribution < 1.29 is 13.2 Å². The average Bonchev–Trinajstić information content (AvgIpc) is 2.45. The molecule has 21 heavy (non-hydrogen) atoms. The van der Waals surface area contributed by atoms with Crippen LogP contribution in [-0.2, 0) is 21.2 Å². The average molecular weight is 311 g/mol. The minimum absolute atomic E-state index is 0.0560. The van der Waals surface area contributed by atoms with Gasteiger partial charge in [0.25, 0.3) is 0 Å². The lowest BCUT2D eigenvalue weighted by atomic mass is 9.89. The Labute approximate surface area is 127 Å². The lowest BCUT2D eigenvalue weighted by molar-refractivity contribution is 0.0333. The van der Waals surface area contributed by atoms with Crippen molar-refractivity contribution in [2.45, 2.75) is 45.1 Å². The Balaban J connectivity index is 1.77. The molecular weight excluding hydrogens is 286 g/mol. The van der Waals surface area contributed by atoms with E-state index >= 15 is 0 Å². The molecule has 2 atom stereocenters. The maximum atomic E-state index is 10.9. The van der Waals surface area contributed by atoms with Crippen molar-refractivity contribution in [3.05, 3.63) is 35.4 Å². The van der Waals surface area contributed by atoms with Crippen LogP contribution in [-0.4, -0.2) is 20.8 Å². The Kier molecular flexibility index (Phi) is 5.79. The first-order chi connectivity index (χ1) is 9.96. The zero-order valence-corrected chi connectivity index (χ0v) is 13.4. The summed E-state index contributed by atoms with van der Waals surface area (Å²) in [6.45, 7) is 2.72. The lowest BCUT2D eigenvalue weighted by Crippen LogP contribution is -2.19. The normalized spacial score (nSPS) is 20.0. The van der Waals surface area contributed by atoms with E-state index in [-0.39, 0.29) is 11.9 Å². The molecule has 0 aliphatic heterocycles. The van der Waals surface area contributed by atoms with E-state index in [1.54, 1.807) is 0 Å². The van der Waals surface area contributed by atoms with Gasteiger partial charge in [0.15, 0.2) is 0 Å². The van der Waals surface area contributed by atoms with Crippen LogP contribution in [0, 0.1) is 5.92 Å². The molecule has 2 N–H and O–H groups in total. The SMILES string of the molecule is CC(CCOC1CCCc2ccccc21)CCS(N)(=O)=O. The van der Waals surface area contributed by atoms with Gasteiger partial charge in [-0.15, -0.1) is 0 Å². The van der Waals surface area contributed by atoms with Crippen LogP contribution in [0.3, 0.4) is 0 Å². The van der Waals surface area contributed by atoms with Crippen LogP contribution in [0.1, 0.15) is 49.8 Å². The van der Waals surface area contributed by atoms with Crippen molar-refractivity contribution in [2.24, 2.45) is 11.1 Å². The zero-order chi connectivity index (χ0) is 15.3. The van der Waals surface area contributed by atoms with Crippen molar-refractivity contribution in [1.29, 1.82) is 0 Å². The maximum absolute atomic E-state index is 10.9. The predicted molar refractivity (Wildman–Crippen MR) is 84.4 cm³/mol. The molecule has 1 aromatic carbocycles. The molecule has 0 spiro atoms. The van der Waals surface area contributed by atoms with Crippen molar-refractivity contribution in [3.63, 3.8) is 0 Å². The predicted octanol–water partition coefficient (Wildman–Crippen LogP) is 2.79. The van der Waals surface area contributed by atoms with Crippen LogP contribution in [0.15, 0.2) is 24.3 Å². The molecule has 0 aromatic heterocycles. The van der Waals surface area contributed by atoms with E-state index in [2.05, 4.69) is 24.3 Å². The number of benzene rings is 1. The molecule has 5 heteroatoms. The van der Waals surface area contributed by atoms with Gasteiger partial charge in [0, 0.05) is 6.61 Å². The first-order valence-electron chi connectivity index (χ1n) is 7.65. The first kappa shape index (κ1) is 16.5. The highest BCUT2D eigenvalue weighted by Crippen LogP contribution is 2.32. The van der Waals surface area contributed by atoms with Crippen LogP contribution in [0.2, 0.25) is 0 Å². The fourth-order valence-corrected chi connectivity index (χ4v) is 3.53. The molecule has 0 saturated heterocycles. The molecule has 4 nitrogen and oxygen atoms in total. The second-order valence-corrected chi connectivity index (χ2v) is 7.73. The zero-order valence-electron chi connectivity index (χ0n) is 12.6. The Morgan fingerprint density at radius 3 is 2.86 bits per heavy atom. The van der Waals surface area contributed by atoms with E-state index in [1.165, 1.54) is 17.5 Å². The smallest absolute Gasteiger partial charge is 0.209 e. The molecule has 118 valence electrons. The largest absolute Gasteiger partial charge is 0.374 e. The number of nitrogens with two attached hydrogens (primary N) is 1. The summed E-state index contributed by atoms with van der Waals surface area (Å²) >= 11 is 0. The lowest BCUT2D eigenvalue weighted by Gasteiger charge is -2.26. The molecule has 0 heterocycles. The summed E-state index contributed by atoms with van der Waals surface area (Å²) in [5.41, 5.74) is 2.72. The first-order valence-corrected chi connectivity index (χ1v) is 9.37. The van der Waals surface area contributed by atoms with Crippen LogP contribution < -0.4 is 5.14 Å². The fourth-order valence-electron chi connectivity index (χ4n) is 2.80. The van der Waals surface area contributed by atoms with Gasteiger partial charge in [0.1, 0.15) is 0 Å². The number of sulfonamides is 1. The Bertz CT molecular complexity index is 556.